The second-order valence-corrected chi connectivity index (χ2v) is 10.1. The van der Waals surface area contributed by atoms with Crippen LogP contribution in [0, 0.1) is 5.92 Å². The lowest BCUT2D eigenvalue weighted by molar-refractivity contribution is -0.276. The normalized spacial score (nSPS) is 23.8. The second kappa shape index (κ2) is 13.7. The van der Waals surface area contributed by atoms with Crippen LogP contribution in [0.25, 0.3) is 0 Å². The fourth-order valence-electron chi connectivity index (χ4n) is 5.38. The second-order valence-electron chi connectivity index (χ2n) is 10.1. The number of hydrogen-bond acceptors (Lipinski definition) is 6. The molecule has 7 heteroatoms. The van der Waals surface area contributed by atoms with Gasteiger partial charge in [0.2, 0.25) is 0 Å². The Hall–Kier alpha value is -2.97. The number of rotatable bonds is 11. The standard InChI is InChI=1S/C31H40N2O5/c1-4-18-33(27-8-6-7-9-27)20-28-22(3)29(24-12-10-23(21-34)11-13-24)38-30(37-28)25-14-16-26(17-15-25)32-31(35)36-19-5-2/h4-5,10-17,22,27-30,34H,1-2,6-9,18-21H2,3H3,(H,32,35)/t22-,28+,29+,30+/m1/s1. The maximum absolute atomic E-state index is 11.9. The van der Waals surface area contributed by atoms with E-state index in [1.54, 1.807) is 0 Å². The van der Waals surface area contributed by atoms with Crippen molar-refractivity contribution in [2.24, 2.45) is 5.92 Å². The molecular weight excluding hydrogens is 480 g/mol. The molecule has 1 saturated carbocycles. The van der Waals surface area contributed by atoms with Crippen molar-refractivity contribution < 1.29 is 24.1 Å². The SMILES string of the molecule is C=CCOC(=O)Nc1ccc([C@H]2O[C@@H](CN(CC=C)C3CCCC3)[C@@H](C)[C@@H](c3ccc(CO)cc3)O2)cc1. The Morgan fingerprint density at radius 2 is 1.74 bits per heavy atom. The van der Waals surface area contributed by atoms with E-state index in [0.29, 0.717) is 11.7 Å². The Bertz CT molecular complexity index is 1050. The van der Waals surface area contributed by atoms with Gasteiger partial charge in [0.15, 0.2) is 6.29 Å². The van der Waals surface area contributed by atoms with Crippen molar-refractivity contribution >= 4 is 11.8 Å². The predicted molar refractivity (Wildman–Crippen MR) is 149 cm³/mol. The molecule has 0 aromatic heterocycles. The summed E-state index contributed by atoms with van der Waals surface area (Å²) in [6.07, 6.45) is 7.15. The van der Waals surface area contributed by atoms with E-state index in [1.807, 2.05) is 54.6 Å². The quantitative estimate of drug-likeness (QED) is 0.347. The molecule has 0 spiro atoms. The number of ether oxygens (including phenoxy) is 3. The summed E-state index contributed by atoms with van der Waals surface area (Å²) in [5.41, 5.74) is 3.43. The number of benzene rings is 2. The molecule has 0 unspecified atom stereocenters. The molecule has 0 radical (unpaired) electrons. The molecule has 1 heterocycles. The van der Waals surface area contributed by atoms with E-state index in [9.17, 15) is 9.90 Å². The van der Waals surface area contributed by atoms with Gasteiger partial charge in [0.05, 0.1) is 18.8 Å². The fraction of sp³-hybridized carbons (Fsp3) is 0.452. The Kier molecular flexibility index (Phi) is 10.1. The molecule has 2 aliphatic rings. The minimum atomic E-state index is -0.561. The Morgan fingerprint density at radius 3 is 2.37 bits per heavy atom. The summed E-state index contributed by atoms with van der Waals surface area (Å²) >= 11 is 0. The lowest BCUT2D eigenvalue weighted by atomic mass is 9.89. The molecule has 1 amide bonds. The maximum Gasteiger partial charge on any atom is 0.411 e. The highest BCUT2D eigenvalue weighted by Gasteiger charge is 2.40. The molecule has 4 atom stereocenters. The van der Waals surface area contributed by atoms with E-state index in [-0.39, 0.29) is 31.3 Å². The van der Waals surface area contributed by atoms with Crippen LogP contribution < -0.4 is 5.32 Å². The zero-order valence-corrected chi connectivity index (χ0v) is 22.3. The van der Waals surface area contributed by atoms with Crippen LogP contribution in [-0.4, -0.2) is 47.9 Å². The first-order valence-corrected chi connectivity index (χ1v) is 13.5. The summed E-state index contributed by atoms with van der Waals surface area (Å²) in [6.45, 7) is 11.5. The minimum Gasteiger partial charge on any atom is -0.445 e. The highest BCUT2D eigenvalue weighted by atomic mass is 16.7. The van der Waals surface area contributed by atoms with Crippen molar-refractivity contribution in [3.05, 3.63) is 90.5 Å². The van der Waals surface area contributed by atoms with Crippen molar-refractivity contribution in [3.63, 3.8) is 0 Å². The third-order valence-corrected chi connectivity index (χ3v) is 7.50. The van der Waals surface area contributed by atoms with Crippen molar-refractivity contribution in [1.29, 1.82) is 0 Å². The van der Waals surface area contributed by atoms with Crippen LogP contribution >= 0.6 is 0 Å². The average Bonchev–Trinajstić information content (AvgIpc) is 3.48. The van der Waals surface area contributed by atoms with Gasteiger partial charge in [-0.2, -0.15) is 0 Å². The van der Waals surface area contributed by atoms with Gasteiger partial charge in [0.25, 0.3) is 0 Å². The Morgan fingerprint density at radius 1 is 1.05 bits per heavy atom. The first-order valence-electron chi connectivity index (χ1n) is 13.5. The van der Waals surface area contributed by atoms with Gasteiger partial charge in [-0.1, -0.05) is 74.9 Å². The first kappa shape index (κ1) is 28.0. The van der Waals surface area contributed by atoms with Gasteiger partial charge in [-0.15, -0.1) is 6.58 Å². The lowest BCUT2D eigenvalue weighted by Crippen LogP contribution is -2.47. The molecule has 38 heavy (non-hydrogen) atoms. The highest BCUT2D eigenvalue weighted by Crippen LogP contribution is 2.42. The van der Waals surface area contributed by atoms with Crippen molar-refractivity contribution in [3.8, 4) is 0 Å². The molecule has 1 aliphatic heterocycles. The summed E-state index contributed by atoms with van der Waals surface area (Å²) in [6, 6.07) is 16.0. The third-order valence-electron chi connectivity index (χ3n) is 7.50. The number of carbonyl (C=O) groups excluding carboxylic acids is 1. The molecule has 1 saturated heterocycles. The van der Waals surface area contributed by atoms with Gasteiger partial charge in [-0.25, -0.2) is 4.79 Å². The number of aliphatic hydroxyl groups excluding tert-OH is 1. The molecule has 4 rings (SSSR count). The van der Waals surface area contributed by atoms with E-state index in [0.717, 1.165) is 29.8 Å². The monoisotopic (exact) mass is 520 g/mol. The Labute approximate surface area is 226 Å². The molecule has 0 bridgehead atoms. The summed E-state index contributed by atoms with van der Waals surface area (Å²) in [5.74, 6) is 0.112. The maximum atomic E-state index is 11.9. The number of aliphatic hydroxyl groups is 1. The third kappa shape index (κ3) is 7.11. The molecule has 7 nitrogen and oxygen atoms in total. The van der Waals surface area contributed by atoms with Crippen LogP contribution in [0.3, 0.4) is 0 Å². The van der Waals surface area contributed by atoms with E-state index in [1.165, 1.54) is 31.8 Å². The highest BCUT2D eigenvalue weighted by molar-refractivity contribution is 5.84. The van der Waals surface area contributed by atoms with Gasteiger partial charge in [-0.3, -0.25) is 10.2 Å². The van der Waals surface area contributed by atoms with Gasteiger partial charge >= 0.3 is 6.09 Å². The summed E-state index contributed by atoms with van der Waals surface area (Å²) < 4.78 is 18.2. The van der Waals surface area contributed by atoms with Gasteiger partial charge < -0.3 is 19.3 Å². The fourth-order valence-corrected chi connectivity index (χ4v) is 5.38. The van der Waals surface area contributed by atoms with Crippen LogP contribution in [0.15, 0.2) is 73.8 Å². The van der Waals surface area contributed by atoms with Crippen LogP contribution in [0.4, 0.5) is 10.5 Å². The molecule has 2 fully saturated rings. The largest absolute Gasteiger partial charge is 0.445 e. The number of nitrogens with zero attached hydrogens (tertiary/aromatic N) is 1. The molecule has 2 aromatic carbocycles. The lowest BCUT2D eigenvalue weighted by Gasteiger charge is -2.43. The summed E-state index contributed by atoms with van der Waals surface area (Å²) in [4.78, 5) is 14.4. The van der Waals surface area contributed by atoms with E-state index in [2.05, 4.69) is 30.3 Å². The molecule has 204 valence electrons. The van der Waals surface area contributed by atoms with E-state index in [4.69, 9.17) is 14.2 Å². The van der Waals surface area contributed by atoms with Gasteiger partial charge in [0, 0.05) is 36.3 Å². The number of carbonyl (C=O) groups is 1. The number of nitrogens with one attached hydrogen (secondary N) is 1. The van der Waals surface area contributed by atoms with Gasteiger partial charge in [-0.05, 0) is 36.1 Å². The minimum absolute atomic E-state index is 0.00906. The van der Waals surface area contributed by atoms with E-state index >= 15 is 0 Å². The molecular formula is C31H40N2O5. The zero-order valence-electron chi connectivity index (χ0n) is 22.3. The van der Waals surface area contributed by atoms with Crippen molar-refractivity contribution in [2.45, 2.75) is 63.8 Å². The van der Waals surface area contributed by atoms with E-state index < -0.39 is 12.4 Å². The first-order chi connectivity index (χ1) is 18.5. The molecule has 2 N–H and O–H groups in total. The number of amides is 1. The van der Waals surface area contributed by atoms with Crippen LogP contribution in [-0.2, 0) is 20.8 Å². The predicted octanol–water partition coefficient (Wildman–Crippen LogP) is 6.14. The molecule has 2 aromatic rings. The topological polar surface area (TPSA) is 80.3 Å². The zero-order chi connectivity index (χ0) is 26.9. The van der Waals surface area contributed by atoms with Gasteiger partial charge in [0.1, 0.15) is 6.61 Å². The average molecular weight is 521 g/mol. The molecule has 1 aliphatic carbocycles. The number of anilines is 1. The van der Waals surface area contributed by atoms with Crippen molar-refractivity contribution in [1.82, 2.24) is 4.90 Å². The summed E-state index contributed by atoms with van der Waals surface area (Å²) in [5, 5.41) is 12.2. The van der Waals surface area contributed by atoms with Crippen LogP contribution in [0.1, 0.15) is 61.7 Å². The Balaban J connectivity index is 1.55. The van der Waals surface area contributed by atoms with Crippen LogP contribution in [0.5, 0.6) is 0 Å². The van der Waals surface area contributed by atoms with Crippen LogP contribution in [0.2, 0.25) is 0 Å². The smallest absolute Gasteiger partial charge is 0.411 e. The van der Waals surface area contributed by atoms with Crippen molar-refractivity contribution in [2.75, 3.05) is 25.0 Å². The number of hydrogen-bond donors (Lipinski definition) is 2. The summed E-state index contributed by atoms with van der Waals surface area (Å²) in [7, 11) is 0.